The van der Waals surface area contributed by atoms with Crippen LogP contribution in [0.3, 0.4) is 0 Å². The van der Waals surface area contributed by atoms with Gasteiger partial charge in [0.05, 0.1) is 40.3 Å². The van der Waals surface area contributed by atoms with Crippen molar-refractivity contribution in [3.05, 3.63) is 23.1 Å². The van der Waals surface area contributed by atoms with Crippen LogP contribution in [0.1, 0.15) is 0 Å². The summed E-state index contributed by atoms with van der Waals surface area (Å²) < 4.78 is 18.0. The molecular weight excluding hydrogens is 240 g/mol. The highest BCUT2D eigenvalue weighted by Gasteiger charge is 2.18. The van der Waals surface area contributed by atoms with Crippen molar-refractivity contribution < 1.29 is 14.2 Å². The first kappa shape index (κ1) is 12.6. The molecule has 0 aromatic rings. The Labute approximate surface area is 106 Å². The SMILES string of the molecule is COC1=CN(CN2CCOCC2)SC(OC)=C1. The maximum atomic E-state index is 5.33. The summed E-state index contributed by atoms with van der Waals surface area (Å²) in [4.78, 5) is 2.35. The average Bonchev–Trinajstić information content (AvgIpc) is 2.39. The standard InChI is InChI=1S/C11H18N2O3S/c1-14-10-7-11(15-2)17-13(8-10)9-12-3-5-16-6-4-12/h7-8H,3-6,9H2,1-2H3. The van der Waals surface area contributed by atoms with Crippen LogP contribution in [0.25, 0.3) is 0 Å². The molecule has 2 aliphatic rings. The molecule has 2 rings (SSSR count). The van der Waals surface area contributed by atoms with Gasteiger partial charge in [-0.25, -0.2) is 0 Å². The maximum absolute atomic E-state index is 5.33. The van der Waals surface area contributed by atoms with E-state index in [-0.39, 0.29) is 0 Å². The highest BCUT2D eigenvalue weighted by molar-refractivity contribution is 8.00. The van der Waals surface area contributed by atoms with Gasteiger partial charge in [-0.15, -0.1) is 0 Å². The molecule has 0 spiro atoms. The zero-order valence-electron chi connectivity index (χ0n) is 10.2. The molecule has 2 aliphatic heterocycles. The van der Waals surface area contributed by atoms with Crippen LogP contribution in [0.15, 0.2) is 23.1 Å². The summed E-state index contributed by atoms with van der Waals surface area (Å²) in [6.07, 6.45) is 3.88. The average molecular weight is 258 g/mol. The fourth-order valence-electron chi connectivity index (χ4n) is 1.68. The highest BCUT2D eigenvalue weighted by atomic mass is 32.2. The van der Waals surface area contributed by atoms with Crippen molar-refractivity contribution in [1.82, 2.24) is 9.21 Å². The summed E-state index contributed by atoms with van der Waals surface area (Å²) in [5, 5.41) is 0.845. The van der Waals surface area contributed by atoms with Gasteiger partial charge >= 0.3 is 0 Å². The molecule has 0 aromatic heterocycles. The van der Waals surface area contributed by atoms with Crippen molar-refractivity contribution in [2.75, 3.05) is 47.2 Å². The van der Waals surface area contributed by atoms with Crippen molar-refractivity contribution in [3.63, 3.8) is 0 Å². The molecule has 0 aromatic carbocycles. The van der Waals surface area contributed by atoms with Crippen LogP contribution in [0, 0.1) is 0 Å². The molecule has 0 N–H and O–H groups in total. The lowest BCUT2D eigenvalue weighted by atomic mass is 10.4. The van der Waals surface area contributed by atoms with E-state index in [1.165, 1.54) is 0 Å². The van der Waals surface area contributed by atoms with Crippen molar-refractivity contribution in [1.29, 1.82) is 0 Å². The molecular formula is C11H18N2O3S. The van der Waals surface area contributed by atoms with E-state index in [2.05, 4.69) is 9.21 Å². The molecule has 0 saturated carbocycles. The Morgan fingerprint density at radius 3 is 2.71 bits per heavy atom. The summed E-state index contributed by atoms with van der Waals surface area (Å²) in [6.45, 7) is 4.42. The summed E-state index contributed by atoms with van der Waals surface area (Å²) in [6, 6.07) is 0. The second kappa shape index (κ2) is 6.18. The molecule has 2 heterocycles. The van der Waals surface area contributed by atoms with Crippen molar-refractivity contribution >= 4 is 11.9 Å². The van der Waals surface area contributed by atoms with Crippen LogP contribution in [-0.4, -0.2) is 56.4 Å². The van der Waals surface area contributed by atoms with Gasteiger partial charge in [-0.05, 0) is 0 Å². The second-order valence-corrected chi connectivity index (χ2v) is 4.84. The Morgan fingerprint density at radius 1 is 1.29 bits per heavy atom. The Bertz CT molecular complexity index is 314. The van der Waals surface area contributed by atoms with E-state index in [9.17, 15) is 0 Å². The number of allylic oxidation sites excluding steroid dienone is 1. The van der Waals surface area contributed by atoms with E-state index in [1.807, 2.05) is 12.3 Å². The van der Waals surface area contributed by atoms with E-state index in [0.29, 0.717) is 0 Å². The number of rotatable bonds is 4. The molecule has 0 atom stereocenters. The number of hydrogen-bond acceptors (Lipinski definition) is 6. The van der Waals surface area contributed by atoms with Gasteiger partial charge in [-0.1, -0.05) is 0 Å². The van der Waals surface area contributed by atoms with Crippen molar-refractivity contribution in [2.45, 2.75) is 0 Å². The summed E-state index contributed by atoms with van der Waals surface area (Å²) in [7, 11) is 3.34. The van der Waals surface area contributed by atoms with Gasteiger partial charge in [0.1, 0.15) is 5.76 Å². The van der Waals surface area contributed by atoms with Crippen LogP contribution < -0.4 is 0 Å². The zero-order chi connectivity index (χ0) is 12.1. The molecule has 5 nitrogen and oxygen atoms in total. The topological polar surface area (TPSA) is 34.2 Å². The van der Waals surface area contributed by atoms with Gasteiger partial charge in [0.2, 0.25) is 0 Å². The van der Waals surface area contributed by atoms with E-state index < -0.39 is 0 Å². The maximum Gasteiger partial charge on any atom is 0.177 e. The molecule has 17 heavy (non-hydrogen) atoms. The second-order valence-electron chi connectivity index (χ2n) is 3.78. The Kier molecular flexibility index (Phi) is 4.58. The van der Waals surface area contributed by atoms with Gasteiger partial charge in [-0.3, -0.25) is 9.21 Å². The van der Waals surface area contributed by atoms with Crippen LogP contribution in [0.4, 0.5) is 0 Å². The first-order valence-electron chi connectivity index (χ1n) is 5.58. The lowest BCUT2D eigenvalue weighted by Crippen LogP contribution is -2.41. The molecule has 0 amide bonds. The first-order chi connectivity index (χ1) is 8.31. The van der Waals surface area contributed by atoms with Crippen molar-refractivity contribution in [3.8, 4) is 0 Å². The number of methoxy groups -OCH3 is 2. The Morgan fingerprint density at radius 2 is 2.06 bits per heavy atom. The Balaban J connectivity index is 1.92. The summed E-state index contributed by atoms with van der Waals surface area (Å²) in [5.74, 6) is 0.814. The number of nitrogens with zero attached hydrogens (tertiary/aromatic N) is 2. The molecule has 0 unspecified atom stereocenters. The fraction of sp³-hybridized carbons (Fsp3) is 0.636. The van der Waals surface area contributed by atoms with E-state index in [1.54, 1.807) is 26.2 Å². The highest BCUT2D eigenvalue weighted by Crippen LogP contribution is 2.29. The molecule has 1 fully saturated rings. The lowest BCUT2D eigenvalue weighted by molar-refractivity contribution is 0.0281. The fourth-order valence-corrected chi connectivity index (χ4v) is 2.53. The quantitative estimate of drug-likeness (QED) is 0.705. The third kappa shape index (κ3) is 3.55. The zero-order valence-corrected chi connectivity index (χ0v) is 11.0. The van der Waals surface area contributed by atoms with Gasteiger partial charge < -0.3 is 14.2 Å². The summed E-state index contributed by atoms with van der Waals surface area (Å²) in [5.41, 5.74) is 0. The van der Waals surface area contributed by atoms with Gasteiger partial charge in [0.25, 0.3) is 0 Å². The van der Waals surface area contributed by atoms with Crippen LogP contribution in [0.5, 0.6) is 0 Å². The van der Waals surface area contributed by atoms with Gasteiger partial charge in [0, 0.05) is 31.1 Å². The smallest absolute Gasteiger partial charge is 0.177 e. The predicted octanol–water partition coefficient (Wildman–Crippen LogP) is 1.22. The third-order valence-electron chi connectivity index (χ3n) is 2.62. The summed E-state index contributed by atoms with van der Waals surface area (Å²) >= 11 is 1.58. The largest absolute Gasteiger partial charge is 0.495 e. The Hall–Kier alpha value is -0.850. The molecule has 1 saturated heterocycles. The van der Waals surface area contributed by atoms with E-state index in [0.717, 1.165) is 43.8 Å². The van der Waals surface area contributed by atoms with Crippen LogP contribution in [0.2, 0.25) is 0 Å². The lowest BCUT2D eigenvalue weighted by Gasteiger charge is -2.32. The minimum absolute atomic E-state index is 0.812. The normalized spacial score (nSPS) is 21.9. The van der Waals surface area contributed by atoms with Crippen LogP contribution >= 0.6 is 11.9 Å². The van der Waals surface area contributed by atoms with Gasteiger partial charge in [-0.2, -0.15) is 0 Å². The minimum Gasteiger partial charge on any atom is -0.495 e. The first-order valence-corrected chi connectivity index (χ1v) is 6.35. The molecule has 0 aliphatic carbocycles. The molecule has 0 bridgehead atoms. The number of hydrogen-bond donors (Lipinski definition) is 0. The third-order valence-corrected chi connectivity index (χ3v) is 3.54. The predicted molar refractivity (Wildman–Crippen MR) is 66.9 cm³/mol. The monoisotopic (exact) mass is 258 g/mol. The van der Waals surface area contributed by atoms with Crippen LogP contribution in [-0.2, 0) is 14.2 Å². The molecule has 96 valence electrons. The molecule has 0 radical (unpaired) electrons. The minimum atomic E-state index is 0.812. The number of morpholine rings is 1. The van der Waals surface area contributed by atoms with Crippen molar-refractivity contribution in [2.24, 2.45) is 0 Å². The number of ether oxygens (including phenoxy) is 3. The molecule has 6 heteroatoms. The van der Waals surface area contributed by atoms with E-state index >= 15 is 0 Å². The van der Waals surface area contributed by atoms with Gasteiger partial charge in [0.15, 0.2) is 5.09 Å². The van der Waals surface area contributed by atoms with E-state index in [4.69, 9.17) is 14.2 Å².